The first-order valence-corrected chi connectivity index (χ1v) is 14.4. The minimum Gasteiger partial charge on any atom is -0.456 e. The fraction of sp³-hybridized carbons (Fsp3) is 0. The zero-order valence-corrected chi connectivity index (χ0v) is 23.6. The zero-order chi connectivity index (χ0) is 41.1. The van der Waals surface area contributed by atoms with Crippen LogP contribution < -0.4 is 0 Å². The Kier molecular flexibility index (Phi) is 3.62. The third-order valence-corrected chi connectivity index (χ3v) is 8.10. The molecule has 0 N–H and O–H groups in total. The van der Waals surface area contributed by atoms with E-state index in [-0.39, 0.29) is 46.4 Å². The lowest BCUT2D eigenvalue weighted by Crippen LogP contribution is -1.91. The molecule has 1 aromatic heterocycles. The molecule has 0 amide bonds. The van der Waals surface area contributed by atoms with Crippen molar-refractivity contribution in [1.82, 2.24) is 0 Å². The van der Waals surface area contributed by atoms with Gasteiger partial charge in [-0.3, -0.25) is 0 Å². The number of rotatable bonds is 4. The third-order valence-electron chi connectivity index (χ3n) is 8.10. The van der Waals surface area contributed by atoms with E-state index < -0.39 is 59.9 Å². The van der Waals surface area contributed by atoms with Crippen molar-refractivity contribution < 1.29 is 22.2 Å². The van der Waals surface area contributed by atoms with Crippen LogP contribution in [0.15, 0.2) is 174 Å². The summed E-state index contributed by atoms with van der Waals surface area (Å²) >= 11 is 0. The van der Waals surface area contributed by atoms with E-state index in [0.29, 0.717) is 49.4 Å². The molecule has 45 heavy (non-hydrogen) atoms. The molecule has 1 heteroatoms. The number of furan rings is 1. The minimum absolute atomic E-state index is 0.0896. The second-order valence-electron chi connectivity index (χ2n) is 10.7. The average molecular weight is 586 g/mol. The van der Waals surface area contributed by atoms with E-state index in [1.54, 1.807) is 60.7 Å². The summed E-state index contributed by atoms with van der Waals surface area (Å²) in [7, 11) is 0. The average Bonchev–Trinajstić information content (AvgIpc) is 3.60. The summed E-state index contributed by atoms with van der Waals surface area (Å²) in [5.41, 5.74) is 1.80. The maximum Gasteiger partial charge on any atom is 0.135 e. The lowest BCUT2D eigenvalue weighted by Gasteiger charge is -2.18. The summed E-state index contributed by atoms with van der Waals surface area (Å²) < 4.78 is 121. The maximum absolute atomic E-state index is 9.70. The molecule has 0 aliphatic rings. The van der Waals surface area contributed by atoms with Crippen LogP contribution in [0.5, 0.6) is 0 Å². The molecule has 0 bridgehead atoms. The predicted molar refractivity (Wildman–Crippen MR) is 190 cm³/mol. The van der Waals surface area contributed by atoms with Crippen LogP contribution in [0.2, 0.25) is 0 Å². The Bertz CT molecular complexity index is 3190. The summed E-state index contributed by atoms with van der Waals surface area (Å²) in [6.45, 7) is 0. The highest BCUT2D eigenvalue weighted by atomic mass is 16.3. The van der Waals surface area contributed by atoms with Gasteiger partial charge in [-0.2, -0.15) is 0 Å². The van der Waals surface area contributed by atoms with Gasteiger partial charge >= 0.3 is 0 Å². The van der Waals surface area contributed by atoms with Crippen molar-refractivity contribution in [1.29, 1.82) is 0 Å². The van der Waals surface area contributed by atoms with Gasteiger partial charge < -0.3 is 4.42 Å². The fourth-order valence-electron chi connectivity index (χ4n) is 6.13. The SMILES string of the molecule is [2H]c1c([2H])c([2H])c(-c2c([2H])c([2H])c([2H])c(-c3c4ccccc4c(-c4c([2H])c([2H])c([2H])c(-c5ccc6oc7ccccc7c6c5)c4[2H])c4ccccc34)c2[2H])c([2H])c1[2H]. The summed E-state index contributed by atoms with van der Waals surface area (Å²) in [6.07, 6.45) is 0. The Hall–Kier alpha value is -5.92. The Morgan fingerprint density at radius 3 is 1.42 bits per heavy atom. The number of hydrogen-bond acceptors (Lipinski definition) is 1. The molecule has 9 rings (SSSR count). The predicted octanol–water partition coefficient (Wildman–Crippen LogP) is 12.6. The van der Waals surface area contributed by atoms with E-state index in [2.05, 4.69) is 0 Å². The quantitative estimate of drug-likeness (QED) is 0.187. The number of benzene rings is 8. The number of para-hydroxylation sites is 1. The molecule has 0 aliphatic heterocycles. The van der Waals surface area contributed by atoms with Gasteiger partial charge in [0.2, 0.25) is 0 Å². The van der Waals surface area contributed by atoms with Crippen molar-refractivity contribution in [3.63, 3.8) is 0 Å². The highest BCUT2D eigenvalue weighted by Crippen LogP contribution is 2.45. The van der Waals surface area contributed by atoms with Crippen molar-refractivity contribution in [2.75, 3.05) is 0 Å². The van der Waals surface area contributed by atoms with Gasteiger partial charge in [0.05, 0.1) is 17.8 Å². The van der Waals surface area contributed by atoms with E-state index in [1.165, 1.54) is 0 Å². The van der Waals surface area contributed by atoms with Crippen molar-refractivity contribution in [3.05, 3.63) is 170 Å². The van der Waals surface area contributed by atoms with Crippen molar-refractivity contribution in [2.24, 2.45) is 0 Å². The zero-order valence-electron chi connectivity index (χ0n) is 36.6. The van der Waals surface area contributed by atoms with Crippen LogP contribution in [-0.4, -0.2) is 0 Å². The first kappa shape index (κ1) is 15.7. The summed E-state index contributed by atoms with van der Waals surface area (Å²) in [5.74, 6) is 0. The van der Waals surface area contributed by atoms with Crippen molar-refractivity contribution in [3.8, 4) is 44.5 Å². The van der Waals surface area contributed by atoms with Gasteiger partial charge in [-0.25, -0.2) is 0 Å². The molecule has 9 aromatic rings. The molecule has 8 aromatic carbocycles. The normalized spacial score (nSPS) is 15.6. The van der Waals surface area contributed by atoms with Gasteiger partial charge in [0, 0.05) is 10.8 Å². The van der Waals surface area contributed by atoms with E-state index in [1.807, 2.05) is 30.3 Å². The Morgan fingerprint density at radius 1 is 0.356 bits per heavy atom. The molecule has 0 unspecified atom stereocenters. The Labute approximate surface area is 279 Å². The fourth-order valence-corrected chi connectivity index (χ4v) is 6.13. The number of fused-ring (bicyclic) bond motifs is 5. The van der Waals surface area contributed by atoms with Gasteiger partial charge in [-0.1, -0.05) is 139 Å². The van der Waals surface area contributed by atoms with E-state index >= 15 is 0 Å². The van der Waals surface area contributed by atoms with Crippen LogP contribution in [0.4, 0.5) is 0 Å². The Balaban J connectivity index is 1.39. The summed E-state index contributed by atoms with van der Waals surface area (Å²) in [5, 5.41) is 3.44. The maximum atomic E-state index is 9.70. The van der Waals surface area contributed by atoms with E-state index in [9.17, 15) is 4.11 Å². The van der Waals surface area contributed by atoms with Gasteiger partial charge in [-0.15, -0.1) is 0 Å². The molecule has 1 nitrogen and oxygen atoms in total. The monoisotopic (exact) mass is 585 g/mol. The topological polar surface area (TPSA) is 13.1 Å². The molecule has 0 atom stereocenters. The van der Waals surface area contributed by atoms with Gasteiger partial charge in [-0.05, 0) is 96.3 Å². The van der Waals surface area contributed by atoms with E-state index in [4.69, 9.17) is 18.1 Å². The first-order chi connectivity index (χ1) is 27.7. The van der Waals surface area contributed by atoms with Crippen LogP contribution in [0.25, 0.3) is 88.0 Å². The lowest BCUT2D eigenvalue weighted by atomic mass is 9.85. The first-order valence-electron chi connectivity index (χ1n) is 20.9. The molecule has 0 fully saturated rings. The van der Waals surface area contributed by atoms with Crippen molar-refractivity contribution in [2.45, 2.75) is 0 Å². The van der Waals surface area contributed by atoms with Crippen LogP contribution >= 0.6 is 0 Å². The van der Waals surface area contributed by atoms with Crippen molar-refractivity contribution >= 4 is 43.5 Å². The highest BCUT2D eigenvalue weighted by molar-refractivity contribution is 6.21. The minimum atomic E-state index is -0.666. The molecule has 0 spiro atoms. The lowest BCUT2D eigenvalue weighted by molar-refractivity contribution is 0.669. The van der Waals surface area contributed by atoms with Crippen LogP contribution in [0.1, 0.15) is 17.8 Å². The molecule has 1 heterocycles. The summed E-state index contributed by atoms with van der Waals surface area (Å²) in [6, 6.07) is 20.2. The molecule has 0 aliphatic carbocycles. The van der Waals surface area contributed by atoms with Gasteiger partial charge in [0.25, 0.3) is 0 Å². The Morgan fingerprint density at radius 2 is 0.822 bits per heavy atom. The van der Waals surface area contributed by atoms with Gasteiger partial charge in [0.1, 0.15) is 11.2 Å². The molecule has 210 valence electrons. The standard InChI is InChI=1S/C44H28O/c1-2-12-29(13-3-1)30-14-10-16-33(26-30)43-36-19-4-6-21-38(36)44(39-22-7-5-20-37(39)43)34-17-11-15-31(27-34)32-24-25-42-40(28-32)35-18-8-9-23-41(35)45-42/h1-28H/i1D,2D,3D,10D,11D,12D,13D,14D,15D,16D,17D,26D,27D. The molecular formula is C44H28O. The smallest absolute Gasteiger partial charge is 0.135 e. The third kappa shape index (κ3) is 4.24. The summed E-state index contributed by atoms with van der Waals surface area (Å²) in [4.78, 5) is 0. The molecule has 0 radical (unpaired) electrons. The molecular weight excluding hydrogens is 544 g/mol. The number of hydrogen-bond donors (Lipinski definition) is 0. The second-order valence-corrected chi connectivity index (χ2v) is 10.7. The molecule has 0 saturated heterocycles. The molecule has 0 saturated carbocycles. The van der Waals surface area contributed by atoms with Crippen LogP contribution in [0, 0.1) is 0 Å². The second kappa shape index (κ2) is 10.4. The largest absolute Gasteiger partial charge is 0.456 e. The van der Waals surface area contributed by atoms with Crippen LogP contribution in [-0.2, 0) is 0 Å². The van der Waals surface area contributed by atoms with Crippen LogP contribution in [0.3, 0.4) is 0 Å². The van der Waals surface area contributed by atoms with Gasteiger partial charge in [0.15, 0.2) is 0 Å². The highest BCUT2D eigenvalue weighted by Gasteiger charge is 2.17. The van der Waals surface area contributed by atoms with E-state index in [0.717, 1.165) is 10.8 Å².